The fourth-order valence-electron chi connectivity index (χ4n) is 2.72. The van der Waals surface area contributed by atoms with Crippen LogP contribution in [0.3, 0.4) is 0 Å². The second-order valence-electron chi connectivity index (χ2n) is 5.76. The number of halogens is 4. The van der Waals surface area contributed by atoms with Crippen LogP contribution in [0.25, 0.3) is 0 Å². The second kappa shape index (κ2) is 8.91. The largest absolute Gasteiger partial charge is 0.333 e. The van der Waals surface area contributed by atoms with Crippen molar-refractivity contribution in [3.63, 3.8) is 0 Å². The van der Waals surface area contributed by atoms with Gasteiger partial charge >= 0.3 is 0 Å². The summed E-state index contributed by atoms with van der Waals surface area (Å²) >= 11 is 7.23. The topological polar surface area (TPSA) is 35.9 Å². The highest BCUT2D eigenvalue weighted by Gasteiger charge is 2.35. The Morgan fingerprint density at radius 2 is 2.04 bits per heavy atom. The molecule has 1 aliphatic heterocycles. The van der Waals surface area contributed by atoms with Gasteiger partial charge in [0.15, 0.2) is 5.17 Å². The van der Waals surface area contributed by atoms with Gasteiger partial charge in [-0.05, 0) is 36.4 Å². The molecule has 27 heavy (non-hydrogen) atoms. The monoisotopic (exact) mass is 431 g/mol. The Balaban J connectivity index is 0.00000261. The van der Waals surface area contributed by atoms with E-state index < -0.39 is 12.0 Å². The van der Waals surface area contributed by atoms with E-state index in [0.717, 1.165) is 0 Å². The van der Waals surface area contributed by atoms with Gasteiger partial charge in [-0.1, -0.05) is 29.4 Å². The minimum absolute atomic E-state index is 0. The molecule has 2 aromatic carbocycles. The highest BCUT2D eigenvalue weighted by atomic mass is 35.5. The van der Waals surface area contributed by atoms with Crippen molar-refractivity contribution in [2.75, 3.05) is 17.7 Å². The number of aliphatic imine (C=N–C) groups is 1. The maximum atomic E-state index is 14.4. The normalized spacial score (nSPS) is 17.7. The molecule has 0 N–H and O–H groups in total. The average molecular weight is 432 g/mol. The Bertz CT molecular complexity index is 881. The van der Waals surface area contributed by atoms with Gasteiger partial charge in [0, 0.05) is 24.7 Å². The molecule has 1 saturated heterocycles. The first-order valence-electron chi connectivity index (χ1n) is 7.81. The summed E-state index contributed by atoms with van der Waals surface area (Å²) in [5.74, 6) is -0.730. The first-order valence-corrected chi connectivity index (χ1v) is 9.18. The predicted molar refractivity (Wildman–Crippen MR) is 109 cm³/mol. The number of carbonyl (C=O) groups is 1. The molecule has 1 unspecified atom stereocenters. The van der Waals surface area contributed by atoms with Crippen LogP contribution in [0.15, 0.2) is 47.5 Å². The van der Waals surface area contributed by atoms with Crippen molar-refractivity contribution < 1.29 is 13.6 Å². The van der Waals surface area contributed by atoms with Crippen molar-refractivity contribution >= 4 is 58.2 Å². The van der Waals surface area contributed by atoms with E-state index >= 15 is 0 Å². The van der Waals surface area contributed by atoms with Crippen LogP contribution in [0.1, 0.15) is 6.92 Å². The molecule has 2 aromatic rings. The molecule has 144 valence electrons. The third-order valence-electron chi connectivity index (χ3n) is 3.95. The summed E-state index contributed by atoms with van der Waals surface area (Å²) in [6.45, 7) is 1.38. The van der Waals surface area contributed by atoms with Crippen LogP contribution in [0.4, 0.5) is 20.2 Å². The summed E-state index contributed by atoms with van der Waals surface area (Å²) < 4.78 is 27.7. The molecule has 0 aliphatic carbocycles. The molecule has 1 aliphatic rings. The molecule has 3 rings (SSSR count). The Labute approximate surface area is 171 Å². The van der Waals surface area contributed by atoms with Crippen molar-refractivity contribution in [3.05, 3.63) is 59.1 Å². The molecule has 1 heterocycles. The van der Waals surface area contributed by atoms with E-state index in [9.17, 15) is 13.6 Å². The first kappa shape index (κ1) is 21.5. The molecule has 1 atom stereocenters. The predicted octanol–water partition coefficient (Wildman–Crippen LogP) is 5.09. The number of carbonyl (C=O) groups excluding carboxylic acids is 1. The molecule has 0 aromatic heterocycles. The summed E-state index contributed by atoms with van der Waals surface area (Å²) in [7, 11) is 1.77. The number of thioether (sulfide) groups is 1. The Morgan fingerprint density at radius 1 is 1.30 bits per heavy atom. The lowest BCUT2D eigenvalue weighted by molar-refractivity contribution is -0.117. The van der Waals surface area contributed by atoms with Gasteiger partial charge in [0.25, 0.3) is 0 Å². The SMILES string of the molecule is CC(=O)N(c1ccc(Cl)cc1F)C1CSC(=Nc2cccc(F)c2)N1C.Cl. The third-order valence-corrected chi connectivity index (χ3v) is 5.29. The molecular formula is C18H17Cl2F2N3OS. The molecule has 0 spiro atoms. The zero-order valence-electron chi connectivity index (χ0n) is 14.5. The number of rotatable bonds is 3. The summed E-state index contributed by atoms with van der Waals surface area (Å²) in [6.07, 6.45) is -0.416. The third kappa shape index (κ3) is 4.72. The highest BCUT2D eigenvalue weighted by molar-refractivity contribution is 8.14. The lowest BCUT2D eigenvalue weighted by atomic mass is 10.2. The summed E-state index contributed by atoms with van der Waals surface area (Å²) in [5.41, 5.74) is 0.637. The van der Waals surface area contributed by atoms with Crippen LogP contribution in [0, 0.1) is 11.6 Å². The number of benzene rings is 2. The van der Waals surface area contributed by atoms with Gasteiger partial charge in [0.05, 0.1) is 11.4 Å². The maximum absolute atomic E-state index is 14.4. The molecule has 4 nitrogen and oxygen atoms in total. The van der Waals surface area contributed by atoms with E-state index in [0.29, 0.717) is 16.6 Å². The minimum Gasteiger partial charge on any atom is -0.333 e. The molecule has 1 fully saturated rings. The van der Waals surface area contributed by atoms with E-state index in [1.165, 1.54) is 47.9 Å². The summed E-state index contributed by atoms with van der Waals surface area (Å²) in [6, 6.07) is 10.2. The van der Waals surface area contributed by atoms with E-state index in [4.69, 9.17) is 11.6 Å². The van der Waals surface area contributed by atoms with E-state index in [1.54, 1.807) is 30.1 Å². The summed E-state index contributed by atoms with van der Waals surface area (Å²) in [4.78, 5) is 19.8. The van der Waals surface area contributed by atoms with Crippen LogP contribution in [0.2, 0.25) is 5.02 Å². The molecule has 9 heteroatoms. The van der Waals surface area contributed by atoms with E-state index in [-0.39, 0.29) is 34.8 Å². The van der Waals surface area contributed by atoms with Crippen molar-refractivity contribution in [2.45, 2.75) is 13.1 Å². The van der Waals surface area contributed by atoms with Crippen LogP contribution in [0.5, 0.6) is 0 Å². The van der Waals surface area contributed by atoms with E-state index in [1.807, 2.05) is 0 Å². The summed E-state index contributed by atoms with van der Waals surface area (Å²) in [5, 5.41) is 0.887. The zero-order valence-corrected chi connectivity index (χ0v) is 16.9. The fraction of sp³-hybridized carbons (Fsp3) is 0.222. The lowest BCUT2D eigenvalue weighted by Crippen LogP contribution is -2.48. The van der Waals surface area contributed by atoms with Crippen LogP contribution < -0.4 is 4.90 Å². The maximum Gasteiger partial charge on any atom is 0.225 e. The van der Waals surface area contributed by atoms with Crippen molar-refractivity contribution in [1.29, 1.82) is 0 Å². The number of amidine groups is 1. The van der Waals surface area contributed by atoms with Gasteiger partial charge in [-0.25, -0.2) is 13.8 Å². The van der Waals surface area contributed by atoms with Gasteiger partial charge < -0.3 is 4.90 Å². The van der Waals surface area contributed by atoms with Gasteiger partial charge in [-0.3, -0.25) is 9.69 Å². The molecule has 0 bridgehead atoms. The van der Waals surface area contributed by atoms with Crippen LogP contribution in [-0.4, -0.2) is 34.9 Å². The van der Waals surface area contributed by atoms with Gasteiger partial charge in [-0.2, -0.15) is 0 Å². The van der Waals surface area contributed by atoms with Crippen LogP contribution in [-0.2, 0) is 4.79 Å². The number of amides is 1. The molecule has 1 amide bonds. The standard InChI is InChI=1S/C18H16ClF2N3OS.ClH/c1-11(25)24(16-7-6-12(19)8-15(16)21)17-10-26-18(23(17)2)22-14-5-3-4-13(20)9-14;/h3-9,17H,10H2,1-2H3;1H. The quantitative estimate of drug-likeness (QED) is 0.679. The Hall–Kier alpha value is -1.83. The van der Waals surface area contributed by atoms with Crippen LogP contribution >= 0.6 is 35.8 Å². The number of hydrogen-bond donors (Lipinski definition) is 0. The van der Waals surface area contributed by atoms with Gasteiger partial charge in [0.2, 0.25) is 5.91 Å². The van der Waals surface area contributed by atoms with Crippen molar-refractivity contribution in [2.24, 2.45) is 4.99 Å². The smallest absolute Gasteiger partial charge is 0.225 e. The average Bonchev–Trinajstić information content (AvgIpc) is 2.91. The van der Waals surface area contributed by atoms with E-state index in [2.05, 4.69) is 4.99 Å². The van der Waals surface area contributed by atoms with Crippen molar-refractivity contribution in [3.8, 4) is 0 Å². The fourth-order valence-corrected chi connectivity index (χ4v) is 4.05. The lowest BCUT2D eigenvalue weighted by Gasteiger charge is -2.33. The number of hydrogen-bond acceptors (Lipinski definition) is 3. The molecule has 0 saturated carbocycles. The number of nitrogens with zero attached hydrogens (tertiary/aromatic N) is 3. The second-order valence-corrected chi connectivity index (χ2v) is 7.19. The van der Waals surface area contributed by atoms with Crippen molar-refractivity contribution in [1.82, 2.24) is 4.90 Å². The number of anilines is 1. The van der Waals surface area contributed by atoms with Gasteiger partial charge in [-0.15, -0.1) is 12.4 Å². The molecule has 0 radical (unpaired) electrons. The highest BCUT2D eigenvalue weighted by Crippen LogP contribution is 2.32. The molecular weight excluding hydrogens is 415 g/mol. The Kier molecular flexibility index (Phi) is 7.08. The zero-order chi connectivity index (χ0) is 18.8. The minimum atomic E-state index is -0.568. The Morgan fingerprint density at radius 3 is 2.67 bits per heavy atom. The van der Waals surface area contributed by atoms with Gasteiger partial charge in [0.1, 0.15) is 17.8 Å². The first-order chi connectivity index (χ1) is 12.4.